The van der Waals surface area contributed by atoms with Crippen molar-refractivity contribution in [2.45, 2.75) is 13.0 Å². The van der Waals surface area contributed by atoms with Crippen molar-refractivity contribution in [1.82, 2.24) is 5.32 Å². The zero-order chi connectivity index (χ0) is 15.2. The molecule has 1 atom stereocenters. The van der Waals surface area contributed by atoms with E-state index in [-0.39, 0.29) is 17.6 Å². The lowest BCUT2D eigenvalue weighted by Gasteiger charge is -2.08. The molecular weight excluding hydrogens is 272 g/mol. The van der Waals surface area contributed by atoms with Gasteiger partial charge >= 0.3 is 0 Å². The quantitative estimate of drug-likeness (QED) is 0.520. The average molecular weight is 286 g/mol. The van der Waals surface area contributed by atoms with Gasteiger partial charge in [-0.15, -0.1) is 0 Å². The summed E-state index contributed by atoms with van der Waals surface area (Å²) in [7, 11) is 0. The molecule has 0 aliphatic rings. The maximum Gasteiger partial charge on any atom is 0.270 e. The van der Waals surface area contributed by atoms with Crippen LogP contribution in [0.4, 0.5) is 5.69 Å². The van der Waals surface area contributed by atoms with Crippen LogP contribution in [0.1, 0.15) is 24.3 Å². The first kappa shape index (κ1) is 14.5. The van der Waals surface area contributed by atoms with Crippen molar-refractivity contribution in [2.24, 2.45) is 0 Å². The van der Waals surface area contributed by atoms with Gasteiger partial charge in [-0.05, 0) is 30.7 Å². The summed E-state index contributed by atoms with van der Waals surface area (Å²) in [6.45, 7) is 1.80. The maximum atomic E-state index is 11.8. The number of carbonyl (C=O) groups is 1. The van der Waals surface area contributed by atoms with Gasteiger partial charge in [-0.25, -0.2) is 0 Å². The van der Waals surface area contributed by atoms with Crippen LogP contribution in [0.25, 0.3) is 6.08 Å². The van der Waals surface area contributed by atoms with Gasteiger partial charge in [0.05, 0.1) is 17.2 Å². The van der Waals surface area contributed by atoms with Gasteiger partial charge in [0.1, 0.15) is 5.76 Å². The van der Waals surface area contributed by atoms with Gasteiger partial charge in [-0.3, -0.25) is 14.9 Å². The molecular formula is C15H14N2O4. The van der Waals surface area contributed by atoms with Crippen LogP contribution >= 0.6 is 0 Å². The molecule has 108 valence electrons. The second-order valence-corrected chi connectivity index (χ2v) is 4.43. The third-order valence-corrected chi connectivity index (χ3v) is 2.84. The highest BCUT2D eigenvalue weighted by atomic mass is 16.6. The van der Waals surface area contributed by atoms with E-state index in [1.807, 2.05) is 0 Å². The summed E-state index contributed by atoms with van der Waals surface area (Å²) in [5.41, 5.74) is 0.575. The SMILES string of the molecule is C[C@H](NC(=O)/C=C/c1cccc([N+](=O)[O-])c1)c1ccco1. The number of furan rings is 1. The lowest BCUT2D eigenvalue weighted by Crippen LogP contribution is -2.24. The molecule has 1 heterocycles. The summed E-state index contributed by atoms with van der Waals surface area (Å²) in [4.78, 5) is 22.0. The first-order chi connectivity index (χ1) is 10.1. The van der Waals surface area contributed by atoms with Crippen molar-refractivity contribution in [3.63, 3.8) is 0 Å². The molecule has 1 amide bonds. The van der Waals surface area contributed by atoms with E-state index in [1.165, 1.54) is 30.5 Å². The Morgan fingerprint density at radius 3 is 2.86 bits per heavy atom. The zero-order valence-electron chi connectivity index (χ0n) is 11.4. The highest BCUT2D eigenvalue weighted by Crippen LogP contribution is 2.15. The number of hydrogen-bond acceptors (Lipinski definition) is 4. The predicted molar refractivity (Wildman–Crippen MR) is 77.4 cm³/mol. The van der Waals surface area contributed by atoms with E-state index in [0.717, 1.165) is 0 Å². The fourth-order valence-electron chi connectivity index (χ4n) is 1.78. The Bertz CT molecular complexity index is 662. The van der Waals surface area contributed by atoms with Crippen LogP contribution in [0.3, 0.4) is 0 Å². The molecule has 2 rings (SSSR count). The molecule has 1 aromatic heterocycles. The number of rotatable bonds is 5. The van der Waals surface area contributed by atoms with Crippen LogP contribution in [0.15, 0.2) is 53.2 Å². The van der Waals surface area contributed by atoms with Crippen LogP contribution in [-0.2, 0) is 4.79 Å². The van der Waals surface area contributed by atoms with Crippen molar-refractivity contribution in [2.75, 3.05) is 0 Å². The lowest BCUT2D eigenvalue weighted by atomic mass is 10.2. The molecule has 0 aliphatic carbocycles. The van der Waals surface area contributed by atoms with Crippen molar-refractivity contribution in [3.05, 3.63) is 70.2 Å². The molecule has 0 spiro atoms. The number of non-ortho nitro benzene ring substituents is 1. The zero-order valence-corrected chi connectivity index (χ0v) is 11.4. The molecule has 6 nitrogen and oxygen atoms in total. The van der Waals surface area contributed by atoms with Gasteiger partial charge in [-0.1, -0.05) is 12.1 Å². The van der Waals surface area contributed by atoms with Crippen molar-refractivity contribution in [3.8, 4) is 0 Å². The normalized spacial score (nSPS) is 12.2. The Hall–Kier alpha value is -2.89. The number of nitro groups is 1. The summed E-state index contributed by atoms with van der Waals surface area (Å²) < 4.78 is 5.19. The number of nitrogens with one attached hydrogen (secondary N) is 1. The van der Waals surface area contributed by atoms with Crippen molar-refractivity contribution < 1.29 is 14.1 Å². The minimum atomic E-state index is -0.476. The Kier molecular flexibility index (Phi) is 4.50. The number of amides is 1. The summed E-state index contributed by atoms with van der Waals surface area (Å²) in [5.74, 6) is 0.359. The number of nitrogens with zero attached hydrogens (tertiary/aromatic N) is 1. The monoisotopic (exact) mass is 286 g/mol. The maximum absolute atomic E-state index is 11.8. The van der Waals surface area contributed by atoms with E-state index in [0.29, 0.717) is 11.3 Å². The molecule has 0 radical (unpaired) electrons. The van der Waals surface area contributed by atoms with Crippen LogP contribution in [0.5, 0.6) is 0 Å². The Balaban J connectivity index is 1.99. The number of carbonyl (C=O) groups excluding carboxylic acids is 1. The summed E-state index contributed by atoms with van der Waals surface area (Å²) in [6, 6.07) is 9.33. The molecule has 0 fully saturated rings. The fraction of sp³-hybridized carbons (Fsp3) is 0.133. The largest absolute Gasteiger partial charge is 0.467 e. The summed E-state index contributed by atoms with van der Waals surface area (Å²) >= 11 is 0. The van der Waals surface area contributed by atoms with Gasteiger partial charge in [0.25, 0.3) is 5.69 Å². The van der Waals surface area contributed by atoms with Crippen LogP contribution in [-0.4, -0.2) is 10.8 Å². The van der Waals surface area contributed by atoms with Gasteiger partial charge in [0.2, 0.25) is 5.91 Å². The van der Waals surface area contributed by atoms with Crippen molar-refractivity contribution in [1.29, 1.82) is 0 Å². The minimum Gasteiger partial charge on any atom is -0.467 e. The number of hydrogen-bond donors (Lipinski definition) is 1. The molecule has 0 bridgehead atoms. The molecule has 1 aromatic carbocycles. The van der Waals surface area contributed by atoms with E-state index in [4.69, 9.17) is 4.42 Å². The highest BCUT2D eigenvalue weighted by Gasteiger charge is 2.09. The topological polar surface area (TPSA) is 85.4 Å². The predicted octanol–water partition coefficient (Wildman–Crippen LogP) is 3.08. The molecule has 0 unspecified atom stereocenters. The molecule has 0 saturated heterocycles. The highest BCUT2D eigenvalue weighted by molar-refractivity contribution is 5.92. The van der Waals surface area contributed by atoms with E-state index < -0.39 is 4.92 Å². The lowest BCUT2D eigenvalue weighted by molar-refractivity contribution is -0.384. The summed E-state index contributed by atoms with van der Waals surface area (Å²) in [6.07, 6.45) is 4.40. The van der Waals surface area contributed by atoms with Gasteiger partial charge in [0, 0.05) is 18.2 Å². The molecule has 0 aliphatic heterocycles. The third kappa shape index (κ3) is 4.04. The first-order valence-electron chi connectivity index (χ1n) is 6.32. The summed E-state index contributed by atoms with van der Waals surface area (Å²) in [5, 5.41) is 13.4. The van der Waals surface area contributed by atoms with E-state index >= 15 is 0 Å². The van der Waals surface area contributed by atoms with E-state index in [1.54, 1.807) is 31.2 Å². The number of benzene rings is 1. The van der Waals surface area contributed by atoms with Crippen molar-refractivity contribution >= 4 is 17.7 Å². The second kappa shape index (κ2) is 6.51. The first-order valence-corrected chi connectivity index (χ1v) is 6.32. The van der Waals surface area contributed by atoms with Crippen LogP contribution < -0.4 is 5.32 Å². The smallest absolute Gasteiger partial charge is 0.270 e. The Morgan fingerprint density at radius 2 is 2.19 bits per heavy atom. The molecule has 0 saturated carbocycles. The Morgan fingerprint density at radius 1 is 1.38 bits per heavy atom. The van der Waals surface area contributed by atoms with Crippen LogP contribution in [0, 0.1) is 10.1 Å². The molecule has 2 aromatic rings. The minimum absolute atomic E-state index is 0.0125. The molecule has 1 N–H and O–H groups in total. The van der Waals surface area contributed by atoms with Gasteiger partial charge < -0.3 is 9.73 Å². The standard InChI is InChI=1S/C15H14N2O4/c1-11(14-6-3-9-21-14)16-15(18)8-7-12-4-2-5-13(10-12)17(19)20/h2-11H,1H3,(H,16,18)/b8-7+/t11-/m0/s1. The van der Waals surface area contributed by atoms with Gasteiger partial charge in [-0.2, -0.15) is 0 Å². The van der Waals surface area contributed by atoms with Gasteiger partial charge in [0.15, 0.2) is 0 Å². The average Bonchev–Trinajstić information content (AvgIpc) is 2.99. The molecule has 21 heavy (non-hydrogen) atoms. The number of nitro benzene ring substituents is 1. The fourth-order valence-corrected chi connectivity index (χ4v) is 1.78. The third-order valence-electron chi connectivity index (χ3n) is 2.84. The second-order valence-electron chi connectivity index (χ2n) is 4.43. The van der Waals surface area contributed by atoms with Crippen LogP contribution in [0.2, 0.25) is 0 Å². The molecule has 6 heteroatoms. The van der Waals surface area contributed by atoms with E-state index in [9.17, 15) is 14.9 Å². The van der Waals surface area contributed by atoms with E-state index in [2.05, 4.69) is 5.32 Å². The Labute approximate surface area is 121 Å².